The minimum absolute atomic E-state index is 0.161. The van der Waals surface area contributed by atoms with Crippen LogP contribution in [0.15, 0.2) is 11.8 Å². The van der Waals surface area contributed by atoms with Crippen LogP contribution >= 0.6 is 0 Å². The first-order valence-electron chi connectivity index (χ1n) is 5.51. The molecule has 1 fully saturated rings. The zero-order valence-electron chi connectivity index (χ0n) is 9.37. The summed E-state index contributed by atoms with van der Waals surface area (Å²) in [6.45, 7) is 3.21. The van der Waals surface area contributed by atoms with Gasteiger partial charge in [-0.1, -0.05) is 6.92 Å². The van der Waals surface area contributed by atoms with Crippen molar-refractivity contribution in [1.29, 1.82) is 0 Å². The Morgan fingerprint density at radius 2 is 1.94 bits per heavy atom. The maximum atomic E-state index is 11.8. The molecule has 0 aromatic heterocycles. The molecule has 0 amide bonds. The predicted molar refractivity (Wildman–Crippen MR) is 56.0 cm³/mol. The molecule has 1 heterocycles. The monoisotopic (exact) mass is 229 g/mol. The first-order valence-corrected chi connectivity index (χ1v) is 5.51. The molecular formula is C11H16FNO3. The number of rotatable bonds is 4. The summed E-state index contributed by atoms with van der Waals surface area (Å²) in [5, 5.41) is 0. The van der Waals surface area contributed by atoms with Crippen LogP contribution in [0.25, 0.3) is 0 Å². The van der Waals surface area contributed by atoms with Crippen LogP contribution in [0.1, 0.15) is 32.6 Å². The molecule has 0 saturated carbocycles. The molecule has 16 heavy (non-hydrogen) atoms. The van der Waals surface area contributed by atoms with E-state index in [0.29, 0.717) is 0 Å². The Bertz CT molecular complexity index is 278. The maximum Gasteiger partial charge on any atom is 0.384 e. The van der Waals surface area contributed by atoms with Crippen molar-refractivity contribution in [3.63, 3.8) is 0 Å². The van der Waals surface area contributed by atoms with Gasteiger partial charge in [-0.25, -0.2) is 9.74 Å². The second-order valence-electron chi connectivity index (χ2n) is 3.78. The molecular weight excluding hydrogens is 213 g/mol. The Labute approximate surface area is 94.0 Å². The van der Waals surface area contributed by atoms with Gasteiger partial charge in [0, 0.05) is 30.2 Å². The van der Waals surface area contributed by atoms with Gasteiger partial charge in [0.05, 0.1) is 0 Å². The summed E-state index contributed by atoms with van der Waals surface area (Å²) in [6, 6.07) is 0. The number of halogens is 1. The SMILES string of the molecule is CCC(=O)C(=CN1CCCCC1)C(=O)OF. The topological polar surface area (TPSA) is 46.6 Å². The van der Waals surface area contributed by atoms with Crippen LogP contribution in [0.4, 0.5) is 4.53 Å². The largest absolute Gasteiger partial charge is 0.384 e. The van der Waals surface area contributed by atoms with Crippen LogP contribution in [0, 0.1) is 0 Å². The molecule has 0 aliphatic carbocycles. The van der Waals surface area contributed by atoms with Gasteiger partial charge in [-0.05, 0) is 19.3 Å². The molecule has 0 aromatic carbocycles. The fraction of sp³-hybridized carbons (Fsp3) is 0.636. The first kappa shape index (κ1) is 12.7. The van der Waals surface area contributed by atoms with Crippen LogP contribution in [0.3, 0.4) is 0 Å². The van der Waals surface area contributed by atoms with Crippen molar-refractivity contribution in [1.82, 2.24) is 4.90 Å². The van der Waals surface area contributed by atoms with Crippen LogP contribution in [-0.2, 0) is 14.5 Å². The fourth-order valence-corrected chi connectivity index (χ4v) is 1.70. The number of hydrogen-bond donors (Lipinski definition) is 0. The lowest BCUT2D eigenvalue weighted by atomic mass is 10.1. The molecule has 0 unspecified atom stereocenters. The molecule has 1 saturated heterocycles. The highest BCUT2D eigenvalue weighted by atomic mass is 19.3. The van der Waals surface area contributed by atoms with E-state index in [-0.39, 0.29) is 12.0 Å². The van der Waals surface area contributed by atoms with E-state index in [4.69, 9.17) is 0 Å². The van der Waals surface area contributed by atoms with Crippen LogP contribution in [-0.4, -0.2) is 29.7 Å². The highest BCUT2D eigenvalue weighted by Crippen LogP contribution is 2.12. The molecule has 0 radical (unpaired) electrons. The Kier molecular flexibility index (Phi) is 4.95. The summed E-state index contributed by atoms with van der Waals surface area (Å²) in [4.78, 5) is 27.5. The summed E-state index contributed by atoms with van der Waals surface area (Å²) >= 11 is 0. The Morgan fingerprint density at radius 3 is 2.44 bits per heavy atom. The van der Waals surface area contributed by atoms with Gasteiger partial charge < -0.3 is 4.90 Å². The van der Waals surface area contributed by atoms with Gasteiger partial charge in [-0.2, -0.15) is 0 Å². The molecule has 4 nitrogen and oxygen atoms in total. The van der Waals surface area contributed by atoms with Crippen LogP contribution in [0.2, 0.25) is 0 Å². The zero-order valence-corrected chi connectivity index (χ0v) is 9.37. The average molecular weight is 229 g/mol. The summed E-state index contributed by atoms with van der Waals surface area (Å²) in [5.41, 5.74) is -0.202. The summed E-state index contributed by atoms with van der Waals surface area (Å²) < 4.78 is 11.8. The molecule has 5 heteroatoms. The molecule has 0 aromatic rings. The van der Waals surface area contributed by atoms with Crippen molar-refractivity contribution in [3.05, 3.63) is 11.8 Å². The average Bonchev–Trinajstić information content (AvgIpc) is 2.35. The van der Waals surface area contributed by atoms with E-state index in [0.717, 1.165) is 32.4 Å². The van der Waals surface area contributed by atoms with Crippen LogP contribution in [0.5, 0.6) is 0 Å². The quantitative estimate of drug-likeness (QED) is 0.418. The van der Waals surface area contributed by atoms with E-state index < -0.39 is 11.8 Å². The van der Waals surface area contributed by atoms with Crippen molar-refractivity contribution in [2.24, 2.45) is 0 Å². The minimum atomic E-state index is -1.20. The van der Waals surface area contributed by atoms with Gasteiger partial charge in [0.1, 0.15) is 5.57 Å². The third-order valence-electron chi connectivity index (χ3n) is 2.61. The smallest absolute Gasteiger partial charge is 0.377 e. The number of carbonyl (C=O) groups is 2. The van der Waals surface area contributed by atoms with Crippen molar-refractivity contribution in [3.8, 4) is 0 Å². The number of Topliss-reactive ketones (excluding diaryl/α,β-unsaturated/α-hetero) is 1. The molecule has 0 N–H and O–H groups in total. The van der Waals surface area contributed by atoms with Crippen molar-refractivity contribution >= 4 is 11.8 Å². The highest BCUT2D eigenvalue weighted by molar-refractivity contribution is 6.16. The standard InChI is InChI=1S/C11H16FNO3/c1-2-10(14)9(11(15)16-12)8-13-6-4-3-5-7-13/h8H,2-7H2,1H3. The molecule has 1 rings (SSSR count). The van der Waals surface area contributed by atoms with E-state index in [1.165, 1.54) is 6.20 Å². The molecule has 90 valence electrons. The van der Waals surface area contributed by atoms with E-state index in [9.17, 15) is 14.1 Å². The lowest BCUT2D eigenvalue weighted by Crippen LogP contribution is -2.27. The molecule has 0 bridgehead atoms. The van der Waals surface area contributed by atoms with Gasteiger partial charge in [0.2, 0.25) is 0 Å². The highest BCUT2D eigenvalue weighted by Gasteiger charge is 2.21. The van der Waals surface area contributed by atoms with Crippen molar-refractivity contribution in [2.75, 3.05) is 13.1 Å². The Morgan fingerprint density at radius 1 is 1.31 bits per heavy atom. The van der Waals surface area contributed by atoms with Crippen LogP contribution < -0.4 is 0 Å². The lowest BCUT2D eigenvalue weighted by Gasteiger charge is -2.25. The molecule has 1 aliphatic rings. The summed E-state index contributed by atoms with van der Waals surface area (Å²) in [6.07, 6.45) is 4.78. The van der Waals surface area contributed by atoms with Crippen molar-refractivity contribution < 1.29 is 19.1 Å². The number of likely N-dealkylation sites (tertiary alicyclic amines) is 1. The predicted octanol–water partition coefficient (Wildman–Crippen LogP) is 1.76. The number of piperidine rings is 1. The third kappa shape index (κ3) is 3.32. The normalized spacial score (nSPS) is 17.1. The van der Waals surface area contributed by atoms with Gasteiger partial charge in [0.25, 0.3) is 0 Å². The molecule has 0 spiro atoms. The zero-order chi connectivity index (χ0) is 12.0. The first-order chi connectivity index (χ1) is 7.69. The number of hydrogen-bond acceptors (Lipinski definition) is 4. The second-order valence-corrected chi connectivity index (χ2v) is 3.78. The third-order valence-corrected chi connectivity index (χ3v) is 2.61. The number of carbonyl (C=O) groups excluding carboxylic acids is 2. The summed E-state index contributed by atoms with van der Waals surface area (Å²) in [7, 11) is 0. The molecule has 0 atom stereocenters. The van der Waals surface area contributed by atoms with Gasteiger partial charge in [-0.3, -0.25) is 4.79 Å². The van der Waals surface area contributed by atoms with Crippen molar-refractivity contribution in [2.45, 2.75) is 32.6 Å². The Hall–Kier alpha value is -1.39. The fourth-order valence-electron chi connectivity index (χ4n) is 1.70. The number of nitrogens with zero attached hydrogens (tertiary/aromatic N) is 1. The Balaban J connectivity index is 2.77. The summed E-state index contributed by atoms with van der Waals surface area (Å²) in [5.74, 6) is -1.59. The van der Waals surface area contributed by atoms with E-state index in [1.807, 2.05) is 4.90 Å². The molecule has 1 aliphatic heterocycles. The van der Waals surface area contributed by atoms with E-state index in [1.54, 1.807) is 6.92 Å². The number of ketones is 1. The van der Waals surface area contributed by atoms with Gasteiger partial charge in [0.15, 0.2) is 5.78 Å². The second kappa shape index (κ2) is 6.25. The van der Waals surface area contributed by atoms with Gasteiger partial charge in [-0.15, -0.1) is 0 Å². The van der Waals surface area contributed by atoms with E-state index >= 15 is 0 Å². The lowest BCUT2D eigenvalue weighted by molar-refractivity contribution is -0.178. The maximum absolute atomic E-state index is 11.8. The van der Waals surface area contributed by atoms with Gasteiger partial charge >= 0.3 is 5.97 Å². The van der Waals surface area contributed by atoms with E-state index in [2.05, 4.69) is 4.94 Å². The minimum Gasteiger partial charge on any atom is -0.377 e.